The number of rotatable bonds is 6. The van der Waals surface area contributed by atoms with E-state index in [2.05, 4.69) is 12.2 Å². The molecule has 1 fully saturated rings. The van der Waals surface area contributed by atoms with Gasteiger partial charge < -0.3 is 15.8 Å². The molecule has 1 saturated heterocycles. The Labute approximate surface area is 74.7 Å². The van der Waals surface area contributed by atoms with Gasteiger partial charge in [-0.2, -0.15) is 0 Å². The first kappa shape index (κ1) is 9.96. The molecule has 3 nitrogen and oxygen atoms in total. The molecule has 3 N–H and O–H groups in total. The first-order valence-corrected chi connectivity index (χ1v) is 4.81. The van der Waals surface area contributed by atoms with Gasteiger partial charge in [-0.05, 0) is 13.0 Å². The third-order valence-electron chi connectivity index (χ3n) is 2.46. The van der Waals surface area contributed by atoms with Gasteiger partial charge in [-0.1, -0.05) is 13.3 Å². The fourth-order valence-corrected chi connectivity index (χ4v) is 1.34. The summed E-state index contributed by atoms with van der Waals surface area (Å²) < 4.78 is 5.17. The third kappa shape index (κ3) is 2.44. The monoisotopic (exact) mass is 172 g/mol. The van der Waals surface area contributed by atoms with E-state index in [0.717, 1.165) is 32.8 Å². The van der Waals surface area contributed by atoms with Crippen LogP contribution in [0, 0.1) is 5.41 Å². The van der Waals surface area contributed by atoms with E-state index in [1.54, 1.807) is 0 Å². The second-order valence-electron chi connectivity index (χ2n) is 3.73. The Morgan fingerprint density at radius 3 is 2.67 bits per heavy atom. The number of nitrogens with one attached hydrogen (secondary N) is 1. The van der Waals surface area contributed by atoms with Gasteiger partial charge in [-0.25, -0.2) is 0 Å². The maximum Gasteiger partial charge on any atom is 0.0569 e. The van der Waals surface area contributed by atoms with Crippen LogP contribution < -0.4 is 11.1 Å². The van der Waals surface area contributed by atoms with Gasteiger partial charge in [-0.3, -0.25) is 0 Å². The van der Waals surface area contributed by atoms with Crippen molar-refractivity contribution in [3.8, 4) is 0 Å². The van der Waals surface area contributed by atoms with Gasteiger partial charge in [0, 0.05) is 18.5 Å². The van der Waals surface area contributed by atoms with Crippen molar-refractivity contribution < 1.29 is 4.74 Å². The summed E-state index contributed by atoms with van der Waals surface area (Å²) in [7, 11) is 0. The summed E-state index contributed by atoms with van der Waals surface area (Å²) in [5.74, 6) is 0. The summed E-state index contributed by atoms with van der Waals surface area (Å²) in [6.07, 6.45) is 2.50. The Kier molecular flexibility index (Phi) is 3.98. The molecular formula is C9H20N2O. The molecule has 1 rings (SSSR count). The molecule has 1 heterocycles. The second kappa shape index (κ2) is 4.80. The number of hydrogen-bond donors (Lipinski definition) is 2. The highest BCUT2D eigenvalue weighted by molar-refractivity contribution is 4.88. The van der Waals surface area contributed by atoms with E-state index in [1.165, 1.54) is 12.8 Å². The zero-order chi connectivity index (χ0) is 8.86. The third-order valence-corrected chi connectivity index (χ3v) is 2.46. The molecule has 0 unspecified atom stereocenters. The van der Waals surface area contributed by atoms with Crippen molar-refractivity contribution in [2.75, 3.05) is 32.8 Å². The molecule has 0 saturated carbocycles. The van der Waals surface area contributed by atoms with E-state index in [0.29, 0.717) is 0 Å². The summed E-state index contributed by atoms with van der Waals surface area (Å²) in [6.45, 7) is 6.74. The van der Waals surface area contributed by atoms with Crippen LogP contribution in [0.5, 0.6) is 0 Å². The molecule has 0 aromatic heterocycles. The van der Waals surface area contributed by atoms with E-state index >= 15 is 0 Å². The minimum Gasteiger partial charge on any atom is -0.380 e. The predicted molar refractivity (Wildman–Crippen MR) is 50.1 cm³/mol. The Morgan fingerprint density at radius 2 is 2.25 bits per heavy atom. The van der Waals surface area contributed by atoms with Gasteiger partial charge in [0.05, 0.1) is 13.2 Å². The average Bonchev–Trinajstić information content (AvgIpc) is 2.02. The maximum atomic E-state index is 5.66. The van der Waals surface area contributed by atoms with Crippen LogP contribution in [0.2, 0.25) is 0 Å². The molecule has 0 aromatic carbocycles. The van der Waals surface area contributed by atoms with E-state index in [9.17, 15) is 0 Å². The molecular weight excluding hydrogens is 152 g/mol. The van der Waals surface area contributed by atoms with Crippen LogP contribution in [-0.2, 0) is 4.74 Å². The Bertz CT molecular complexity index is 118. The molecule has 0 aliphatic carbocycles. The minimum absolute atomic E-state index is 0.258. The van der Waals surface area contributed by atoms with Crippen molar-refractivity contribution in [3.63, 3.8) is 0 Å². The van der Waals surface area contributed by atoms with Gasteiger partial charge in [-0.15, -0.1) is 0 Å². The largest absolute Gasteiger partial charge is 0.380 e. The Hall–Kier alpha value is -0.120. The highest BCUT2D eigenvalue weighted by Crippen LogP contribution is 2.24. The number of nitrogens with two attached hydrogens (primary N) is 1. The molecule has 72 valence electrons. The Balaban J connectivity index is 2.04. The minimum atomic E-state index is 0.258. The van der Waals surface area contributed by atoms with Gasteiger partial charge >= 0.3 is 0 Å². The number of unbranched alkanes of at least 4 members (excludes halogenated alkanes) is 1. The molecule has 0 amide bonds. The zero-order valence-electron chi connectivity index (χ0n) is 7.94. The van der Waals surface area contributed by atoms with Crippen LogP contribution in [0.1, 0.15) is 19.8 Å². The fraction of sp³-hybridized carbons (Fsp3) is 1.00. The predicted octanol–water partition coefficient (Wildman–Crippen LogP) is 0.351. The maximum absolute atomic E-state index is 5.66. The van der Waals surface area contributed by atoms with Crippen molar-refractivity contribution >= 4 is 0 Å². The molecule has 3 heteroatoms. The first-order valence-electron chi connectivity index (χ1n) is 4.81. The summed E-state index contributed by atoms with van der Waals surface area (Å²) in [5.41, 5.74) is 5.92. The highest BCUT2D eigenvalue weighted by Gasteiger charge is 2.36. The van der Waals surface area contributed by atoms with Crippen LogP contribution in [0.25, 0.3) is 0 Å². The van der Waals surface area contributed by atoms with Crippen LogP contribution in [0.4, 0.5) is 0 Å². The van der Waals surface area contributed by atoms with Crippen molar-refractivity contribution in [1.82, 2.24) is 5.32 Å². The lowest BCUT2D eigenvalue weighted by molar-refractivity contribution is -0.104. The van der Waals surface area contributed by atoms with Crippen molar-refractivity contribution in [1.29, 1.82) is 0 Å². The summed E-state index contributed by atoms with van der Waals surface area (Å²) in [4.78, 5) is 0. The van der Waals surface area contributed by atoms with Gasteiger partial charge in [0.2, 0.25) is 0 Å². The van der Waals surface area contributed by atoms with Crippen LogP contribution >= 0.6 is 0 Å². The van der Waals surface area contributed by atoms with Crippen LogP contribution in [0.15, 0.2) is 0 Å². The van der Waals surface area contributed by atoms with Crippen molar-refractivity contribution in [2.24, 2.45) is 11.1 Å². The van der Waals surface area contributed by atoms with Crippen LogP contribution in [-0.4, -0.2) is 32.8 Å². The molecule has 0 atom stereocenters. The smallest absolute Gasteiger partial charge is 0.0569 e. The fourth-order valence-electron chi connectivity index (χ4n) is 1.34. The topological polar surface area (TPSA) is 47.3 Å². The lowest BCUT2D eigenvalue weighted by atomic mass is 9.86. The summed E-state index contributed by atoms with van der Waals surface area (Å²) >= 11 is 0. The first-order chi connectivity index (χ1) is 5.83. The summed E-state index contributed by atoms with van der Waals surface area (Å²) in [5, 5.41) is 3.42. The second-order valence-corrected chi connectivity index (χ2v) is 3.73. The van der Waals surface area contributed by atoms with E-state index in [1.807, 2.05) is 0 Å². The number of ether oxygens (including phenoxy) is 1. The molecule has 1 aliphatic heterocycles. The number of hydrogen-bond acceptors (Lipinski definition) is 3. The average molecular weight is 172 g/mol. The highest BCUT2D eigenvalue weighted by atomic mass is 16.5. The Morgan fingerprint density at radius 1 is 1.50 bits per heavy atom. The van der Waals surface area contributed by atoms with Crippen molar-refractivity contribution in [3.05, 3.63) is 0 Å². The van der Waals surface area contributed by atoms with Gasteiger partial charge in [0.25, 0.3) is 0 Å². The lowest BCUT2D eigenvalue weighted by Crippen LogP contribution is -2.54. The summed E-state index contributed by atoms with van der Waals surface area (Å²) in [6, 6.07) is 0. The van der Waals surface area contributed by atoms with Gasteiger partial charge in [0.1, 0.15) is 0 Å². The normalized spacial score (nSPS) is 20.5. The molecule has 0 bridgehead atoms. The van der Waals surface area contributed by atoms with Crippen molar-refractivity contribution in [2.45, 2.75) is 19.8 Å². The molecule has 0 radical (unpaired) electrons. The SMILES string of the molecule is CCCCNCC1(CN)COC1. The van der Waals surface area contributed by atoms with E-state index in [4.69, 9.17) is 10.5 Å². The van der Waals surface area contributed by atoms with Gasteiger partial charge in [0.15, 0.2) is 0 Å². The van der Waals surface area contributed by atoms with E-state index < -0.39 is 0 Å². The van der Waals surface area contributed by atoms with E-state index in [-0.39, 0.29) is 5.41 Å². The molecule has 0 spiro atoms. The molecule has 12 heavy (non-hydrogen) atoms. The molecule has 1 aliphatic rings. The zero-order valence-corrected chi connectivity index (χ0v) is 7.94. The van der Waals surface area contributed by atoms with Crippen LogP contribution in [0.3, 0.4) is 0 Å². The lowest BCUT2D eigenvalue weighted by Gasteiger charge is -2.40. The standard InChI is InChI=1S/C9H20N2O/c1-2-3-4-11-6-9(5-10)7-12-8-9/h11H,2-8,10H2,1H3. The molecule has 0 aromatic rings. The quantitative estimate of drug-likeness (QED) is 0.568.